The van der Waals surface area contributed by atoms with E-state index >= 15 is 0 Å². The minimum atomic E-state index is -1.16. The first kappa shape index (κ1) is 11.1. The summed E-state index contributed by atoms with van der Waals surface area (Å²) in [6.07, 6.45) is 3.38. The van der Waals surface area contributed by atoms with Crippen LogP contribution in [0.1, 0.15) is 40.0 Å². The number of rotatable bonds is 2. The molecule has 0 saturated heterocycles. The average molecular weight is 198 g/mol. The van der Waals surface area contributed by atoms with Gasteiger partial charge < -0.3 is 9.84 Å². The van der Waals surface area contributed by atoms with Crippen LogP contribution in [0.25, 0.3) is 0 Å². The van der Waals surface area contributed by atoms with E-state index in [1.807, 2.05) is 13.8 Å². The summed E-state index contributed by atoms with van der Waals surface area (Å²) in [4.78, 5) is 10.6. The van der Waals surface area contributed by atoms with Crippen molar-refractivity contribution in [3.8, 4) is 0 Å². The molecule has 0 aliphatic heterocycles. The fourth-order valence-electron chi connectivity index (χ4n) is 1.87. The fourth-order valence-corrected chi connectivity index (χ4v) is 1.87. The van der Waals surface area contributed by atoms with Crippen molar-refractivity contribution in [2.24, 2.45) is 5.92 Å². The Morgan fingerprint density at radius 1 is 1.64 bits per heavy atom. The van der Waals surface area contributed by atoms with Gasteiger partial charge in [0.25, 0.3) is 0 Å². The zero-order chi connectivity index (χ0) is 10.8. The third-order valence-electron chi connectivity index (χ3n) is 3.08. The number of hydrogen-bond donors (Lipinski definition) is 1. The van der Waals surface area contributed by atoms with Gasteiger partial charge in [-0.25, -0.2) is 4.79 Å². The molecule has 80 valence electrons. The first-order valence-corrected chi connectivity index (χ1v) is 5.04. The highest BCUT2D eigenvalue weighted by Crippen LogP contribution is 2.36. The molecule has 0 saturated carbocycles. The Hall–Kier alpha value is -0.990. The standard InChI is InChI=1S/C11H18O3/c1-8(2)11(14-10(12)13)6-4-9(3)5-7-11/h4,8H,5-7H2,1-3H3,(H,12,13). The molecule has 14 heavy (non-hydrogen) atoms. The Morgan fingerprint density at radius 2 is 2.29 bits per heavy atom. The summed E-state index contributed by atoms with van der Waals surface area (Å²) in [5, 5.41) is 8.70. The zero-order valence-electron chi connectivity index (χ0n) is 9.04. The molecule has 0 bridgehead atoms. The second-order valence-electron chi connectivity index (χ2n) is 4.34. The van der Waals surface area contributed by atoms with E-state index in [0.29, 0.717) is 6.42 Å². The topological polar surface area (TPSA) is 46.5 Å². The Bertz CT molecular complexity index is 255. The summed E-state index contributed by atoms with van der Waals surface area (Å²) in [7, 11) is 0. The second-order valence-corrected chi connectivity index (χ2v) is 4.34. The van der Waals surface area contributed by atoms with Crippen molar-refractivity contribution in [1.82, 2.24) is 0 Å². The largest absolute Gasteiger partial charge is 0.506 e. The second kappa shape index (κ2) is 4.03. The molecule has 0 aromatic carbocycles. The van der Waals surface area contributed by atoms with Gasteiger partial charge in [0.2, 0.25) is 0 Å². The van der Waals surface area contributed by atoms with Crippen molar-refractivity contribution in [1.29, 1.82) is 0 Å². The van der Waals surface area contributed by atoms with Gasteiger partial charge >= 0.3 is 6.16 Å². The van der Waals surface area contributed by atoms with Gasteiger partial charge in [0, 0.05) is 6.42 Å². The third-order valence-corrected chi connectivity index (χ3v) is 3.08. The molecule has 1 unspecified atom stereocenters. The number of allylic oxidation sites excluding steroid dienone is 1. The normalized spacial score (nSPS) is 27.3. The summed E-state index contributed by atoms with van der Waals surface area (Å²) in [5.74, 6) is 0.225. The SMILES string of the molecule is CC1=CCC(OC(=O)O)(C(C)C)CC1. The van der Waals surface area contributed by atoms with E-state index in [9.17, 15) is 4.79 Å². The Kier molecular flexibility index (Phi) is 3.19. The lowest BCUT2D eigenvalue weighted by molar-refractivity contribution is -0.0547. The molecule has 1 atom stereocenters. The fraction of sp³-hybridized carbons (Fsp3) is 0.727. The molecule has 0 radical (unpaired) electrons. The van der Waals surface area contributed by atoms with E-state index in [1.165, 1.54) is 5.57 Å². The van der Waals surface area contributed by atoms with E-state index in [2.05, 4.69) is 13.0 Å². The van der Waals surface area contributed by atoms with Gasteiger partial charge in [-0.1, -0.05) is 25.5 Å². The van der Waals surface area contributed by atoms with Crippen LogP contribution in [0.4, 0.5) is 4.79 Å². The van der Waals surface area contributed by atoms with Crippen LogP contribution in [0.2, 0.25) is 0 Å². The molecular formula is C11H18O3. The minimum absolute atomic E-state index is 0.225. The molecular weight excluding hydrogens is 180 g/mol. The van der Waals surface area contributed by atoms with Crippen molar-refractivity contribution in [3.63, 3.8) is 0 Å². The summed E-state index contributed by atoms with van der Waals surface area (Å²) in [5.41, 5.74) is 0.834. The molecule has 1 rings (SSSR count). The molecule has 3 heteroatoms. The Labute approximate surface area is 84.8 Å². The quantitative estimate of drug-likeness (QED) is 0.547. The molecule has 3 nitrogen and oxygen atoms in total. The lowest BCUT2D eigenvalue weighted by Crippen LogP contribution is -2.41. The van der Waals surface area contributed by atoms with Crippen molar-refractivity contribution < 1.29 is 14.6 Å². The van der Waals surface area contributed by atoms with Crippen molar-refractivity contribution in [3.05, 3.63) is 11.6 Å². The lowest BCUT2D eigenvalue weighted by Gasteiger charge is -2.38. The molecule has 1 aliphatic rings. The molecule has 1 aliphatic carbocycles. The summed E-state index contributed by atoms with van der Waals surface area (Å²) < 4.78 is 5.06. The molecule has 0 fully saturated rings. The smallest absolute Gasteiger partial charge is 0.450 e. The van der Waals surface area contributed by atoms with Crippen LogP contribution in [0, 0.1) is 5.92 Å². The molecule has 0 aromatic rings. The Morgan fingerprint density at radius 3 is 2.64 bits per heavy atom. The van der Waals surface area contributed by atoms with Crippen LogP contribution in [-0.4, -0.2) is 16.9 Å². The van der Waals surface area contributed by atoms with Crippen molar-refractivity contribution >= 4 is 6.16 Å². The van der Waals surface area contributed by atoms with E-state index in [4.69, 9.17) is 9.84 Å². The third kappa shape index (κ3) is 2.28. The average Bonchev–Trinajstić information content (AvgIpc) is 2.08. The van der Waals surface area contributed by atoms with Gasteiger partial charge in [-0.2, -0.15) is 0 Å². The van der Waals surface area contributed by atoms with E-state index < -0.39 is 11.8 Å². The van der Waals surface area contributed by atoms with Gasteiger partial charge in [-0.15, -0.1) is 0 Å². The summed E-state index contributed by atoms with van der Waals surface area (Å²) in [6, 6.07) is 0. The van der Waals surface area contributed by atoms with Gasteiger partial charge in [0.05, 0.1) is 0 Å². The van der Waals surface area contributed by atoms with Gasteiger partial charge in [-0.05, 0) is 25.7 Å². The first-order valence-electron chi connectivity index (χ1n) is 5.04. The molecule has 0 spiro atoms. The highest BCUT2D eigenvalue weighted by atomic mass is 16.7. The van der Waals surface area contributed by atoms with Gasteiger partial charge in [-0.3, -0.25) is 0 Å². The maximum atomic E-state index is 10.6. The van der Waals surface area contributed by atoms with E-state index in [1.54, 1.807) is 0 Å². The predicted octanol–water partition coefficient (Wildman–Crippen LogP) is 3.21. The number of carboxylic acid groups (broad SMARTS) is 1. The van der Waals surface area contributed by atoms with Crippen LogP contribution >= 0.6 is 0 Å². The van der Waals surface area contributed by atoms with Gasteiger partial charge in [0.1, 0.15) is 5.60 Å². The van der Waals surface area contributed by atoms with E-state index in [0.717, 1.165) is 12.8 Å². The minimum Gasteiger partial charge on any atom is -0.450 e. The maximum Gasteiger partial charge on any atom is 0.506 e. The monoisotopic (exact) mass is 198 g/mol. The zero-order valence-corrected chi connectivity index (χ0v) is 9.04. The van der Waals surface area contributed by atoms with Crippen LogP contribution in [0.3, 0.4) is 0 Å². The summed E-state index contributed by atoms with van der Waals surface area (Å²) >= 11 is 0. The van der Waals surface area contributed by atoms with Crippen molar-refractivity contribution in [2.45, 2.75) is 45.6 Å². The summed E-state index contributed by atoms with van der Waals surface area (Å²) in [6.45, 7) is 6.10. The lowest BCUT2D eigenvalue weighted by atomic mass is 9.78. The predicted molar refractivity (Wildman–Crippen MR) is 54.3 cm³/mol. The molecule has 0 aromatic heterocycles. The first-order chi connectivity index (χ1) is 6.46. The molecule has 0 amide bonds. The van der Waals surface area contributed by atoms with E-state index in [-0.39, 0.29) is 5.92 Å². The van der Waals surface area contributed by atoms with Crippen LogP contribution < -0.4 is 0 Å². The molecule has 1 N–H and O–H groups in total. The highest BCUT2D eigenvalue weighted by molar-refractivity contribution is 5.57. The number of ether oxygens (including phenoxy) is 1. The van der Waals surface area contributed by atoms with Crippen molar-refractivity contribution in [2.75, 3.05) is 0 Å². The van der Waals surface area contributed by atoms with Crippen LogP contribution in [0.15, 0.2) is 11.6 Å². The van der Waals surface area contributed by atoms with Crippen LogP contribution in [-0.2, 0) is 4.74 Å². The number of hydrogen-bond acceptors (Lipinski definition) is 2. The Balaban J connectivity index is 2.79. The highest BCUT2D eigenvalue weighted by Gasteiger charge is 2.38. The van der Waals surface area contributed by atoms with Gasteiger partial charge in [0.15, 0.2) is 0 Å². The molecule has 0 heterocycles. The van der Waals surface area contributed by atoms with Crippen LogP contribution in [0.5, 0.6) is 0 Å². The number of carbonyl (C=O) groups is 1. The maximum absolute atomic E-state index is 10.6.